The maximum Gasteiger partial charge on any atom is 0.215 e. The van der Waals surface area contributed by atoms with Gasteiger partial charge in [0.15, 0.2) is 17.5 Å². The van der Waals surface area contributed by atoms with Crippen LogP contribution in [0.2, 0.25) is 0 Å². The first-order chi connectivity index (χ1) is 12.3. The van der Waals surface area contributed by atoms with Gasteiger partial charge in [-0.25, -0.2) is 17.1 Å². The van der Waals surface area contributed by atoms with Crippen LogP contribution in [0.3, 0.4) is 0 Å². The maximum atomic E-state index is 13.8. The molecule has 7 nitrogen and oxygen atoms in total. The van der Waals surface area contributed by atoms with Crippen LogP contribution in [0, 0.1) is 5.82 Å². The van der Waals surface area contributed by atoms with Crippen LogP contribution in [-0.4, -0.2) is 58.2 Å². The molecule has 9 heteroatoms. The highest BCUT2D eigenvalue weighted by Crippen LogP contribution is 2.21. The van der Waals surface area contributed by atoms with Gasteiger partial charge < -0.3 is 15.4 Å². The summed E-state index contributed by atoms with van der Waals surface area (Å²) in [4.78, 5) is 4.08. The number of ether oxygens (including phenoxy) is 1. The normalized spacial score (nSPS) is 13.6. The summed E-state index contributed by atoms with van der Waals surface area (Å²) in [5, 5.41) is 6.10. The zero-order chi connectivity index (χ0) is 19.7. The zero-order valence-electron chi connectivity index (χ0n) is 16.0. The first-order valence-corrected chi connectivity index (χ1v) is 10.2. The summed E-state index contributed by atoms with van der Waals surface area (Å²) < 4.78 is 44.5. The Hall–Kier alpha value is -1.87. The van der Waals surface area contributed by atoms with E-state index in [1.54, 1.807) is 19.2 Å². The highest BCUT2D eigenvalue weighted by atomic mass is 32.2. The van der Waals surface area contributed by atoms with Gasteiger partial charge >= 0.3 is 0 Å². The Balaban J connectivity index is 2.64. The summed E-state index contributed by atoms with van der Waals surface area (Å²) in [5.74, 6) is 0.168. The molecule has 0 spiro atoms. The molecule has 1 atom stereocenters. The number of nitrogens with zero attached hydrogens (tertiary/aromatic N) is 2. The lowest BCUT2D eigenvalue weighted by Gasteiger charge is -2.21. The summed E-state index contributed by atoms with van der Waals surface area (Å²) in [5.41, 5.74) is 0.724. The van der Waals surface area contributed by atoms with Crippen LogP contribution in [0.15, 0.2) is 23.2 Å². The minimum Gasteiger partial charge on any atom is -0.494 e. The monoisotopic (exact) mass is 388 g/mol. The quantitative estimate of drug-likeness (QED) is 0.497. The molecule has 1 aromatic rings. The fraction of sp³-hybridized carbons (Fsp3) is 0.588. The molecule has 0 heterocycles. The van der Waals surface area contributed by atoms with E-state index in [1.165, 1.54) is 17.5 Å². The van der Waals surface area contributed by atoms with Crippen molar-refractivity contribution in [3.05, 3.63) is 29.6 Å². The van der Waals surface area contributed by atoms with Gasteiger partial charge in [-0.3, -0.25) is 4.99 Å². The van der Waals surface area contributed by atoms with E-state index in [9.17, 15) is 12.8 Å². The summed E-state index contributed by atoms with van der Waals surface area (Å²) in [6, 6.07) is 4.50. The number of sulfonamides is 1. The van der Waals surface area contributed by atoms with E-state index in [2.05, 4.69) is 15.6 Å². The average molecular weight is 389 g/mol. The molecule has 148 valence electrons. The summed E-state index contributed by atoms with van der Waals surface area (Å²) in [7, 11) is -0.288. The van der Waals surface area contributed by atoms with Crippen molar-refractivity contribution in [2.24, 2.45) is 4.99 Å². The molecule has 0 aliphatic rings. The molecule has 0 saturated heterocycles. The first-order valence-electron chi connectivity index (χ1n) is 8.57. The first kappa shape index (κ1) is 22.2. The Labute approximate surface area is 155 Å². The Morgan fingerprint density at radius 3 is 2.50 bits per heavy atom. The summed E-state index contributed by atoms with van der Waals surface area (Å²) in [6.07, 6.45) is 0. The number of aliphatic imine (C=N–C) groups is 1. The molecule has 0 bridgehead atoms. The predicted octanol–water partition coefficient (Wildman–Crippen LogP) is 1.73. The fourth-order valence-corrected chi connectivity index (χ4v) is 3.88. The van der Waals surface area contributed by atoms with Crippen LogP contribution in [0.4, 0.5) is 4.39 Å². The van der Waals surface area contributed by atoms with Crippen LogP contribution in [0.1, 0.15) is 32.4 Å². The molecule has 0 aromatic heterocycles. The van der Waals surface area contributed by atoms with E-state index in [-0.39, 0.29) is 24.1 Å². The Kier molecular flexibility index (Phi) is 8.80. The van der Waals surface area contributed by atoms with Gasteiger partial charge in [-0.05, 0) is 24.6 Å². The molecule has 2 N–H and O–H groups in total. The molecule has 0 radical (unpaired) electrons. The van der Waals surface area contributed by atoms with Gasteiger partial charge in [0.25, 0.3) is 0 Å². The highest BCUT2D eigenvalue weighted by molar-refractivity contribution is 7.89. The number of halogens is 1. The van der Waals surface area contributed by atoms with Gasteiger partial charge in [0.2, 0.25) is 10.0 Å². The summed E-state index contributed by atoms with van der Waals surface area (Å²) >= 11 is 0. The van der Waals surface area contributed by atoms with E-state index in [1.807, 2.05) is 20.8 Å². The Bertz CT molecular complexity index is 706. The van der Waals surface area contributed by atoms with Crippen molar-refractivity contribution >= 4 is 16.0 Å². The van der Waals surface area contributed by atoms with Gasteiger partial charge in [0.05, 0.1) is 18.9 Å². The minimum absolute atomic E-state index is 0.0269. The van der Waals surface area contributed by atoms with Crippen LogP contribution in [-0.2, 0) is 10.0 Å². The number of nitrogens with one attached hydrogen (secondary N) is 2. The third-order valence-corrected chi connectivity index (χ3v) is 6.03. The number of rotatable bonds is 9. The second kappa shape index (κ2) is 10.3. The summed E-state index contributed by atoms with van der Waals surface area (Å²) in [6.45, 7) is 6.61. The molecule has 0 aliphatic carbocycles. The minimum atomic E-state index is -3.30. The van der Waals surface area contributed by atoms with Gasteiger partial charge in [0.1, 0.15) is 0 Å². The number of benzene rings is 1. The SMILES string of the molecule is CCN(CC)S(=O)(=O)CCNC(=NC)NC(C)c1ccc(OC)c(F)c1. The van der Waals surface area contributed by atoms with E-state index >= 15 is 0 Å². The van der Waals surface area contributed by atoms with Crippen molar-refractivity contribution in [2.75, 3.05) is 39.5 Å². The largest absolute Gasteiger partial charge is 0.494 e. The topological polar surface area (TPSA) is 83.0 Å². The lowest BCUT2D eigenvalue weighted by molar-refractivity contribution is 0.386. The smallest absolute Gasteiger partial charge is 0.215 e. The lowest BCUT2D eigenvalue weighted by atomic mass is 10.1. The van der Waals surface area contributed by atoms with Crippen LogP contribution in [0.25, 0.3) is 0 Å². The van der Waals surface area contributed by atoms with Crippen molar-refractivity contribution in [3.63, 3.8) is 0 Å². The second-order valence-corrected chi connectivity index (χ2v) is 7.75. The molecule has 0 amide bonds. The molecule has 0 aliphatic heterocycles. The van der Waals surface area contributed by atoms with Crippen molar-refractivity contribution in [3.8, 4) is 5.75 Å². The molecular weight excluding hydrogens is 359 g/mol. The number of methoxy groups -OCH3 is 1. The van der Waals surface area contributed by atoms with Crippen LogP contribution in [0.5, 0.6) is 5.75 Å². The zero-order valence-corrected chi connectivity index (χ0v) is 16.9. The average Bonchev–Trinajstić information content (AvgIpc) is 2.61. The van der Waals surface area contributed by atoms with Gasteiger partial charge in [-0.1, -0.05) is 19.9 Å². The molecule has 1 unspecified atom stereocenters. The van der Waals surface area contributed by atoms with Crippen molar-refractivity contribution < 1.29 is 17.5 Å². The number of hydrogen-bond acceptors (Lipinski definition) is 4. The molecular formula is C17H29FN4O3S. The standard InChI is InChI=1S/C17H29FN4O3S/c1-6-22(7-2)26(23,24)11-10-20-17(19-4)21-13(3)14-8-9-16(25-5)15(18)12-14/h8-9,12-13H,6-7,10-11H2,1-5H3,(H2,19,20,21). The second-order valence-electron chi connectivity index (χ2n) is 5.66. The lowest BCUT2D eigenvalue weighted by Crippen LogP contribution is -2.42. The van der Waals surface area contributed by atoms with Crippen LogP contribution >= 0.6 is 0 Å². The number of hydrogen-bond donors (Lipinski definition) is 2. The Morgan fingerprint density at radius 1 is 1.35 bits per heavy atom. The maximum absolute atomic E-state index is 13.8. The van der Waals surface area contributed by atoms with Gasteiger partial charge in [0, 0.05) is 26.7 Å². The highest BCUT2D eigenvalue weighted by Gasteiger charge is 2.18. The van der Waals surface area contributed by atoms with Crippen molar-refractivity contribution in [1.29, 1.82) is 0 Å². The third kappa shape index (κ3) is 6.14. The van der Waals surface area contributed by atoms with E-state index in [0.29, 0.717) is 19.0 Å². The molecule has 26 heavy (non-hydrogen) atoms. The van der Waals surface area contributed by atoms with E-state index in [0.717, 1.165) is 5.56 Å². The third-order valence-electron chi connectivity index (χ3n) is 4.00. The van der Waals surface area contributed by atoms with Gasteiger partial charge in [-0.15, -0.1) is 0 Å². The van der Waals surface area contributed by atoms with Crippen molar-refractivity contribution in [1.82, 2.24) is 14.9 Å². The van der Waals surface area contributed by atoms with E-state index in [4.69, 9.17) is 4.74 Å². The van der Waals surface area contributed by atoms with Crippen LogP contribution < -0.4 is 15.4 Å². The van der Waals surface area contributed by atoms with Crippen molar-refractivity contribution in [2.45, 2.75) is 26.8 Å². The fourth-order valence-electron chi connectivity index (χ4n) is 2.48. The van der Waals surface area contributed by atoms with E-state index < -0.39 is 15.8 Å². The molecule has 1 aromatic carbocycles. The molecule has 0 fully saturated rings. The number of guanidine groups is 1. The predicted molar refractivity (Wildman–Crippen MR) is 103 cm³/mol. The van der Waals surface area contributed by atoms with Gasteiger partial charge in [-0.2, -0.15) is 0 Å². The Morgan fingerprint density at radius 2 is 2.00 bits per heavy atom. The molecule has 0 saturated carbocycles. The molecule has 1 rings (SSSR count).